The van der Waals surface area contributed by atoms with Gasteiger partial charge in [-0.2, -0.15) is 0 Å². The lowest BCUT2D eigenvalue weighted by Crippen LogP contribution is -2.32. The average Bonchev–Trinajstić information content (AvgIpc) is 2.58. The number of H-pyrrole nitrogens is 1. The van der Waals surface area contributed by atoms with Crippen molar-refractivity contribution in [1.29, 1.82) is 0 Å². The second-order valence-corrected chi connectivity index (χ2v) is 6.13. The van der Waals surface area contributed by atoms with E-state index in [9.17, 15) is 9.59 Å². The zero-order valence-corrected chi connectivity index (χ0v) is 14.6. The van der Waals surface area contributed by atoms with Crippen LogP contribution in [0.25, 0.3) is 0 Å². The van der Waals surface area contributed by atoms with Gasteiger partial charge in [0.05, 0.1) is 5.75 Å². The molecule has 0 aliphatic rings. The molecule has 2 N–H and O–H groups in total. The number of hydrogen-bond acceptors (Lipinski definition) is 5. The summed E-state index contributed by atoms with van der Waals surface area (Å²) in [6.45, 7) is 4.12. The van der Waals surface area contributed by atoms with Crippen molar-refractivity contribution in [3.05, 3.63) is 51.9 Å². The van der Waals surface area contributed by atoms with E-state index >= 15 is 0 Å². The van der Waals surface area contributed by atoms with Gasteiger partial charge in [-0.3, -0.25) is 9.59 Å². The summed E-state index contributed by atoms with van der Waals surface area (Å²) >= 11 is 1.20. The lowest BCUT2D eigenvalue weighted by molar-refractivity contribution is -0.116. The molecule has 24 heavy (non-hydrogen) atoms. The van der Waals surface area contributed by atoms with Crippen LogP contribution < -0.4 is 10.5 Å². The smallest absolute Gasteiger partial charge is 0.255 e. The lowest BCUT2D eigenvalue weighted by Gasteiger charge is -2.20. The molecule has 2 rings (SSSR count). The lowest BCUT2D eigenvalue weighted by atomic mass is 10.2. The summed E-state index contributed by atoms with van der Waals surface area (Å²) in [7, 11) is 0. The largest absolute Gasteiger partial charge is 0.396 e. The van der Waals surface area contributed by atoms with Gasteiger partial charge in [-0.15, -0.1) is 0 Å². The molecule has 0 fully saturated rings. The van der Waals surface area contributed by atoms with Gasteiger partial charge in [0.1, 0.15) is 0 Å². The van der Waals surface area contributed by atoms with E-state index in [1.807, 2.05) is 37.3 Å². The van der Waals surface area contributed by atoms with Gasteiger partial charge in [-0.1, -0.05) is 30.0 Å². The Hall–Kier alpha value is -2.12. The Morgan fingerprint density at radius 1 is 1.33 bits per heavy atom. The number of aromatic amines is 1. The number of hydrogen-bond donors (Lipinski definition) is 2. The molecule has 0 bridgehead atoms. The third-order valence-electron chi connectivity index (χ3n) is 3.58. The molecule has 0 atom stereocenters. The highest BCUT2D eigenvalue weighted by atomic mass is 32.2. The maximum absolute atomic E-state index is 12.4. The molecule has 128 valence electrons. The maximum Gasteiger partial charge on any atom is 0.255 e. The number of nitrogens with one attached hydrogen (secondary N) is 1. The summed E-state index contributed by atoms with van der Waals surface area (Å²) in [5.41, 5.74) is 1.65. The normalized spacial score (nSPS) is 10.6. The number of amides is 1. The summed E-state index contributed by atoms with van der Waals surface area (Å²) in [5, 5.41) is 9.39. The predicted molar refractivity (Wildman–Crippen MR) is 95.6 cm³/mol. The summed E-state index contributed by atoms with van der Waals surface area (Å²) < 4.78 is 0. The first kappa shape index (κ1) is 18.2. The number of carbonyl (C=O) groups excluding carboxylic acids is 1. The Morgan fingerprint density at radius 2 is 2.04 bits per heavy atom. The SMILES string of the molecule is CCN(C(=O)CSc1nc(C)c(CCO)c(=O)[nH]1)c1ccccc1. The number of aliphatic hydroxyl groups is 1. The quantitative estimate of drug-likeness (QED) is 0.589. The van der Waals surface area contributed by atoms with Crippen LogP contribution in [0.3, 0.4) is 0 Å². The minimum atomic E-state index is -0.262. The first-order chi connectivity index (χ1) is 11.6. The third-order valence-corrected chi connectivity index (χ3v) is 4.44. The molecule has 0 unspecified atom stereocenters. The summed E-state index contributed by atoms with van der Waals surface area (Å²) in [6.07, 6.45) is 0.273. The molecule has 6 nitrogen and oxygen atoms in total. The fraction of sp³-hybridized carbons (Fsp3) is 0.353. The third kappa shape index (κ3) is 4.46. The van der Waals surface area contributed by atoms with Crippen molar-refractivity contribution in [3.63, 3.8) is 0 Å². The number of rotatable bonds is 7. The zero-order valence-electron chi connectivity index (χ0n) is 13.8. The van der Waals surface area contributed by atoms with Gasteiger partial charge in [-0.25, -0.2) is 4.98 Å². The maximum atomic E-state index is 12.4. The Labute approximate surface area is 144 Å². The number of aryl methyl sites for hydroxylation is 1. The van der Waals surface area contributed by atoms with E-state index in [1.165, 1.54) is 11.8 Å². The van der Waals surface area contributed by atoms with E-state index < -0.39 is 0 Å². The minimum Gasteiger partial charge on any atom is -0.396 e. The standard InChI is InChI=1S/C17H21N3O3S/c1-3-20(13-7-5-4-6-8-13)15(22)11-24-17-18-12(2)14(9-10-21)16(23)19-17/h4-8,21H,3,9-11H2,1-2H3,(H,18,19,23). The molecule has 1 amide bonds. The molecular formula is C17H21N3O3S. The van der Waals surface area contributed by atoms with E-state index in [0.717, 1.165) is 5.69 Å². The molecule has 1 aromatic carbocycles. The molecule has 0 radical (unpaired) electrons. The summed E-state index contributed by atoms with van der Waals surface area (Å²) in [4.78, 5) is 33.1. The number of aromatic nitrogens is 2. The number of benzene rings is 1. The average molecular weight is 347 g/mol. The minimum absolute atomic E-state index is 0.0477. The fourth-order valence-electron chi connectivity index (χ4n) is 2.38. The van der Waals surface area contributed by atoms with Crippen LogP contribution in [0.1, 0.15) is 18.2 Å². The van der Waals surface area contributed by atoms with Crippen molar-refractivity contribution < 1.29 is 9.90 Å². The Bertz CT molecular complexity index is 746. The van der Waals surface area contributed by atoms with Crippen LogP contribution in [0.4, 0.5) is 5.69 Å². The zero-order chi connectivity index (χ0) is 17.5. The van der Waals surface area contributed by atoms with Crippen molar-refractivity contribution in [3.8, 4) is 0 Å². The summed E-state index contributed by atoms with van der Waals surface area (Å²) in [5.74, 6) is 0.137. The van der Waals surface area contributed by atoms with Gasteiger partial charge in [0, 0.05) is 36.5 Å². The highest BCUT2D eigenvalue weighted by Crippen LogP contribution is 2.18. The Balaban J connectivity index is 2.07. The van der Waals surface area contributed by atoms with Crippen LogP contribution in [0.5, 0.6) is 0 Å². The first-order valence-corrected chi connectivity index (χ1v) is 8.74. The van der Waals surface area contributed by atoms with Crippen LogP contribution in [-0.4, -0.2) is 39.9 Å². The van der Waals surface area contributed by atoms with E-state index in [-0.39, 0.29) is 30.2 Å². The van der Waals surface area contributed by atoms with Crippen molar-refractivity contribution in [2.45, 2.75) is 25.4 Å². The highest BCUT2D eigenvalue weighted by molar-refractivity contribution is 7.99. The van der Waals surface area contributed by atoms with Gasteiger partial charge in [0.2, 0.25) is 5.91 Å². The molecular weight excluding hydrogens is 326 g/mol. The second kappa shape index (κ2) is 8.65. The van der Waals surface area contributed by atoms with Crippen molar-refractivity contribution in [2.24, 2.45) is 0 Å². The van der Waals surface area contributed by atoms with Crippen LogP contribution in [-0.2, 0) is 11.2 Å². The molecule has 0 saturated carbocycles. The van der Waals surface area contributed by atoms with Crippen molar-refractivity contribution in [1.82, 2.24) is 9.97 Å². The number of anilines is 1. The molecule has 2 aromatic rings. The number of nitrogens with zero attached hydrogens (tertiary/aromatic N) is 2. The van der Waals surface area contributed by atoms with E-state index in [0.29, 0.717) is 23.0 Å². The molecule has 1 aromatic heterocycles. The molecule has 0 aliphatic carbocycles. The second-order valence-electron chi connectivity index (χ2n) is 5.17. The molecule has 7 heteroatoms. The van der Waals surface area contributed by atoms with Gasteiger partial charge in [0.25, 0.3) is 5.56 Å². The first-order valence-electron chi connectivity index (χ1n) is 7.75. The van der Waals surface area contributed by atoms with Crippen molar-refractivity contribution >= 4 is 23.4 Å². The van der Waals surface area contributed by atoms with Gasteiger partial charge < -0.3 is 15.0 Å². The molecule has 0 spiro atoms. The molecule has 1 heterocycles. The Kier molecular flexibility index (Phi) is 6.57. The molecule has 0 aliphatic heterocycles. The number of para-hydroxylation sites is 1. The summed E-state index contributed by atoms with van der Waals surface area (Å²) in [6, 6.07) is 9.46. The van der Waals surface area contributed by atoms with Gasteiger partial charge >= 0.3 is 0 Å². The van der Waals surface area contributed by atoms with E-state index in [2.05, 4.69) is 9.97 Å². The molecule has 0 saturated heterocycles. The monoisotopic (exact) mass is 347 g/mol. The van der Waals surface area contributed by atoms with Crippen LogP contribution in [0, 0.1) is 6.92 Å². The number of thioether (sulfide) groups is 1. The topological polar surface area (TPSA) is 86.3 Å². The van der Waals surface area contributed by atoms with Crippen LogP contribution >= 0.6 is 11.8 Å². The fourth-order valence-corrected chi connectivity index (χ4v) is 3.16. The predicted octanol–water partition coefficient (Wildman–Crippen LogP) is 1.76. The van der Waals surface area contributed by atoms with Crippen LogP contribution in [0.15, 0.2) is 40.3 Å². The van der Waals surface area contributed by atoms with Crippen molar-refractivity contribution in [2.75, 3.05) is 23.8 Å². The van der Waals surface area contributed by atoms with Gasteiger partial charge in [0.15, 0.2) is 5.16 Å². The number of carbonyl (C=O) groups is 1. The highest BCUT2D eigenvalue weighted by Gasteiger charge is 2.15. The number of aliphatic hydroxyl groups excluding tert-OH is 1. The van der Waals surface area contributed by atoms with E-state index in [1.54, 1.807) is 11.8 Å². The van der Waals surface area contributed by atoms with Crippen LogP contribution in [0.2, 0.25) is 0 Å². The Morgan fingerprint density at radius 3 is 2.62 bits per heavy atom. The van der Waals surface area contributed by atoms with Gasteiger partial charge in [-0.05, 0) is 26.0 Å². The van der Waals surface area contributed by atoms with E-state index in [4.69, 9.17) is 5.11 Å².